The van der Waals surface area contributed by atoms with Crippen molar-refractivity contribution in [1.29, 1.82) is 5.26 Å². The summed E-state index contributed by atoms with van der Waals surface area (Å²) in [5, 5.41) is 28.9. The van der Waals surface area contributed by atoms with Crippen LogP contribution in [-0.4, -0.2) is 51.9 Å². The van der Waals surface area contributed by atoms with Gasteiger partial charge in [0, 0.05) is 11.5 Å². The molecule has 124 valence electrons. The first kappa shape index (κ1) is 17.2. The summed E-state index contributed by atoms with van der Waals surface area (Å²) in [4.78, 5) is 14.5. The number of aliphatic hydroxyl groups excluding tert-OH is 2. The topological polar surface area (TPSA) is 111 Å². The average molecular weight is 309 g/mol. The van der Waals surface area contributed by atoms with E-state index in [9.17, 15) is 20.3 Å². The SMILES string of the molecule is CC1[C@@H](C)C[C@@H](C#N)N1C(=O)[C@@H](N)C1(C(O)CO)CCCC1. The molecule has 2 unspecified atom stereocenters. The van der Waals surface area contributed by atoms with Gasteiger partial charge in [-0.25, -0.2) is 0 Å². The van der Waals surface area contributed by atoms with Crippen molar-refractivity contribution < 1.29 is 15.0 Å². The fraction of sp³-hybridized carbons (Fsp3) is 0.875. The van der Waals surface area contributed by atoms with Crippen LogP contribution < -0.4 is 5.73 Å². The molecule has 1 saturated carbocycles. The molecule has 22 heavy (non-hydrogen) atoms. The fourth-order valence-electron chi connectivity index (χ4n) is 4.16. The summed E-state index contributed by atoms with van der Waals surface area (Å²) in [6.07, 6.45) is 2.72. The number of aliphatic hydroxyl groups is 2. The molecule has 6 nitrogen and oxygen atoms in total. The highest BCUT2D eigenvalue weighted by molar-refractivity contribution is 5.84. The molecule has 0 bridgehead atoms. The Morgan fingerprint density at radius 2 is 2.05 bits per heavy atom. The van der Waals surface area contributed by atoms with Gasteiger partial charge >= 0.3 is 0 Å². The first-order valence-electron chi connectivity index (χ1n) is 8.15. The zero-order valence-electron chi connectivity index (χ0n) is 13.4. The number of nitrogens with zero attached hydrogens (tertiary/aromatic N) is 2. The Kier molecular flexibility index (Phi) is 5.10. The van der Waals surface area contributed by atoms with E-state index in [4.69, 9.17) is 5.73 Å². The summed E-state index contributed by atoms with van der Waals surface area (Å²) in [5.41, 5.74) is 5.50. The van der Waals surface area contributed by atoms with Gasteiger partial charge < -0.3 is 20.8 Å². The van der Waals surface area contributed by atoms with Crippen molar-refractivity contribution in [3.8, 4) is 6.07 Å². The maximum absolute atomic E-state index is 12.9. The lowest BCUT2D eigenvalue weighted by Crippen LogP contribution is -2.59. The lowest BCUT2D eigenvalue weighted by Gasteiger charge is -2.40. The van der Waals surface area contributed by atoms with Crippen molar-refractivity contribution in [2.45, 2.75) is 70.2 Å². The molecule has 1 amide bonds. The standard InChI is InChI=1S/C16H27N3O3/c1-10-7-12(8-17)19(11(10)2)15(22)14(18)16(13(21)9-20)5-3-4-6-16/h10-14,20-21H,3-7,9,18H2,1-2H3/t10-,11?,12-,13?,14+/m0/s1. The van der Waals surface area contributed by atoms with Gasteiger partial charge in [-0.15, -0.1) is 0 Å². The van der Waals surface area contributed by atoms with E-state index in [1.54, 1.807) is 4.90 Å². The molecular formula is C16H27N3O3. The van der Waals surface area contributed by atoms with E-state index in [0.29, 0.717) is 19.3 Å². The van der Waals surface area contributed by atoms with Crippen molar-refractivity contribution in [2.75, 3.05) is 6.61 Å². The molecule has 1 aliphatic carbocycles. The largest absolute Gasteiger partial charge is 0.394 e. The molecule has 2 aliphatic rings. The van der Waals surface area contributed by atoms with Gasteiger partial charge in [0.25, 0.3) is 0 Å². The number of nitrogens with two attached hydrogens (primary N) is 1. The zero-order valence-corrected chi connectivity index (χ0v) is 13.4. The van der Waals surface area contributed by atoms with E-state index in [2.05, 4.69) is 6.07 Å². The maximum atomic E-state index is 12.9. The molecule has 1 saturated heterocycles. The lowest BCUT2D eigenvalue weighted by molar-refractivity contribution is -0.141. The summed E-state index contributed by atoms with van der Waals surface area (Å²) in [7, 11) is 0. The highest BCUT2D eigenvalue weighted by atomic mass is 16.3. The molecule has 1 aliphatic heterocycles. The van der Waals surface area contributed by atoms with Crippen molar-refractivity contribution in [2.24, 2.45) is 17.1 Å². The third-order valence-electron chi connectivity index (χ3n) is 5.85. The molecule has 0 aromatic heterocycles. The molecular weight excluding hydrogens is 282 g/mol. The number of nitriles is 1. The normalized spacial score (nSPS) is 33.5. The summed E-state index contributed by atoms with van der Waals surface area (Å²) in [6, 6.07) is 0.835. The Hall–Kier alpha value is -1.16. The second-order valence-electron chi connectivity index (χ2n) is 6.96. The van der Waals surface area contributed by atoms with Crippen LogP contribution in [0.25, 0.3) is 0 Å². The first-order chi connectivity index (χ1) is 10.4. The minimum absolute atomic E-state index is 0.0343. The molecule has 0 radical (unpaired) electrons. The second kappa shape index (κ2) is 6.53. The van der Waals surface area contributed by atoms with Crippen LogP contribution in [0.3, 0.4) is 0 Å². The van der Waals surface area contributed by atoms with Crippen molar-refractivity contribution in [3.63, 3.8) is 0 Å². The highest BCUT2D eigenvalue weighted by Gasteiger charge is 2.51. The molecule has 1 heterocycles. The third-order valence-corrected chi connectivity index (χ3v) is 5.85. The van der Waals surface area contributed by atoms with Crippen LogP contribution in [0.15, 0.2) is 0 Å². The third kappa shape index (κ3) is 2.62. The van der Waals surface area contributed by atoms with Crippen LogP contribution in [0.1, 0.15) is 46.0 Å². The van der Waals surface area contributed by atoms with Gasteiger partial charge in [-0.1, -0.05) is 19.8 Å². The second-order valence-corrected chi connectivity index (χ2v) is 6.96. The predicted molar refractivity (Wildman–Crippen MR) is 81.5 cm³/mol. The van der Waals surface area contributed by atoms with Gasteiger partial charge in [-0.05, 0) is 32.1 Å². The first-order valence-corrected chi connectivity index (χ1v) is 8.15. The minimum atomic E-state index is -0.996. The van der Waals surface area contributed by atoms with Gasteiger partial charge in [0.1, 0.15) is 6.04 Å². The Balaban J connectivity index is 2.25. The summed E-state index contributed by atoms with van der Waals surface area (Å²) in [6.45, 7) is 3.58. The summed E-state index contributed by atoms with van der Waals surface area (Å²) >= 11 is 0. The van der Waals surface area contributed by atoms with Crippen molar-refractivity contribution in [1.82, 2.24) is 4.90 Å². The van der Waals surface area contributed by atoms with Gasteiger partial charge in [-0.2, -0.15) is 5.26 Å². The van der Waals surface area contributed by atoms with E-state index in [0.717, 1.165) is 12.8 Å². The number of hydrogen-bond acceptors (Lipinski definition) is 5. The Morgan fingerprint density at radius 3 is 2.55 bits per heavy atom. The Morgan fingerprint density at radius 1 is 1.45 bits per heavy atom. The smallest absolute Gasteiger partial charge is 0.241 e. The molecule has 0 aromatic carbocycles. The average Bonchev–Trinajstić information content (AvgIpc) is 3.12. The number of carbonyl (C=O) groups excluding carboxylic acids is 1. The van der Waals surface area contributed by atoms with E-state index >= 15 is 0 Å². The number of hydrogen-bond donors (Lipinski definition) is 3. The fourth-order valence-corrected chi connectivity index (χ4v) is 4.16. The van der Waals surface area contributed by atoms with Crippen LogP contribution in [0.5, 0.6) is 0 Å². The van der Waals surface area contributed by atoms with Crippen molar-refractivity contribution in [3.05, 3.63) is 0 Å². The summed E-state index contributed by atoms with van der Waals surface area (Å²) in [5.74, 6) is -0.0131. The lowest BCUT2D eigenvalue weighted by atomic mass is 9.73. The number of rotatable bonds is 4. The van der Waals surface area contributed by atoms with E-state index in [1.807, 2.05) is 13.8 Å². The van der Waals surface area contributed by atoms with E-state index < -0.39 is 30.2 Å². The molecule has 0 aromatic rings. The monoisotopic (exact) mass is 309 g/mol. The number of likely N-dealkylation sites (tertiary alicyclic amines) is 1. The van der Waals surface area contributed by atoms with E-state index in [-0.39, 0.29) is 17.9 Å². The van der Waals surface area contributed by atoms with Crippen LogP contribution in [0.2, 0.25) is 0 Å². The molecule has 4 N–H and O–H groups in total. The maximum Gasteiger partial charge on any atom is 0.241 e. The Bertz CT molecular complexity index is 456. The zero-order chi connectivity index (χ0) is 16.5. The Labute approximate surface area is 131 Å². The van der Waals surface area contributed by atoms with Crippen LogP contribution in [-0.2, 0) is 4.79 Å². The van der Waals surface area contributed by atoms with E-state index in [1.165, 1.54) is 0 Å². The molecule has 5 atom stereocenters. The highest BCUT2D eigenvalue weighted by Crippen LogP contribution is 2.44. The quantitative estimate of drug-likeness (QED) is 0.695. The predicted octanol–water partition coefficient (Wildman–Crippen LogP) is 0.376. The molecule has 6 heteroatoms. The van der Waals surface area contributed by atoms with Crippen molar-refractivity contribution >= 4 is 5.91 Å². The number of carbonyl (C=O) groups is 1. The van der Waals surface area contributed by atoms with Crippen LogP contribution in [0.4, 0.5) is 0 Å². The van der Waals surface area contributed by atoms with Gasteiger partial charge in [-0.3, -0.25) is 4.79 Å². The van der Waals surface area contributed by atoms with Gasteiger partial charge in [0.15, 0.2) is 0 Å². The van der Waals surface area contributed by atoms with Gasteiger partial charge in [0.05, 0.1) is 24.8 Å². The van der Waals surface area contributed by atoms with Gasteiger partial charge in [0.2, 0.25) is 5.91 Å². The molecule has 0 spiro atoms. The van der Waals surface area contributed by atoms with Crippen LogP contribution >= 0.6 is 0 Å². The molecule has 2 fully saturated rings. The minimum Gasteiger partial charge on any atom is -0.394 e. The summed E-state index contributed by atoms with van der Waals surface area (Å²) < 4.78 is 0. The molecule has 2 rings (SSSR count). The number of amides is 1. The van der Waals surface area contributed by atoms with Crippen LogP contribution in [0, 0.1) is 22.7 Å².